The van der Waals surface area contributed by atoms with Gasteiger partial charge in [-0.2, -0.15) is 10.4 Å². The Morgan fingerprint density at radius 3 is 2.67 bits per heavy atom. The predicted molar refractivity (Wildman–Crippen MR) is 59.5 cm³/mol. The van der Waals surface area contributed by atoms with Crippen LogP contribution in [0.2, 0.25) is 0 Å². The first kappa shape index (κ1) is 11.9. The fourth-order valence-corrected chi connectivity index (χ4v) is 1.50. The number of aryl methyl sites for hydroxylation is 1. The van der Waals surface area contributed by atoms with Gasteiger partial charge in [0, 0.05) is 24.7 Å². The molecular formula is C12H7F2N3O. The van der Waals surface area contributed by atoms with Gasteiger partial charge in [-0.3, -0.25) is 4.79 Å². The summed E-state index contributed by atoms with van der Waals surface area (Å²) in [7, 11) is 1.38. The minimum atomic E-state index is -0.836. The molecule has 0 radical (unpaired) electrons. The molecule has 0 aliphatic rings. The molecule has 1 heterocycles. The van der Waals surface area contributed by atoms with E-state index in [2.05, 4.69) is 5.10 Å². The molecule has 0 spiro atoms. The van der Waals surface area contributed by atoms with Crippen LogP contribution in [0.15, 0.2) is 29.1 Å². The van der Waals surface area contributed by atoms with Crippen molar-refractivity contribution in [2.24, 2.45) is 7.05 Å². The van der Waals surface area contributed by atoms with Gasteiger partial charge in [-0.1, -0.05) is 0 Å². The molecule has 0 saturated heterocycles. The maximum atomic E-state index is 13.6. The summed E-state index contributed by atoms with van der Waals surface area (Å²) in [6, 6.07) is 5.77. The summed E-state index contributed by atoms with van der Waals surface area (Å²) in [4.78, 5) is 11.3. The Hall–Kier alpha value is -2.55. The van der Waals surface area contributed by atoms with Crippen LogP contribution in [-0.2, 0) is 7.05 Å². The number of hydrogen-bond acceptors (Lipinski definition) is 3. The van der Waals surface area contributed by atoms with Crippen LogP contribution in [0.1, 0.15) is 5.56 Å². The molecule has 0 fully saturated rings. The van der Waals surface area contributed by atoms with E-state index in [0.717, 1.165) is 16.8 Å². The van der Waals surface area contributed by atoms with Crippen LogP contribution in [0, 0.1) is 23.0 Å². The van der Waals surface area contributed by atoms with E-state index < -0.39 is 17.2 Å². The minimum Gasteiger partial charge on any atom is -0.268 e. The van der Waals surface area contributed by atoms with Crippen molar-refractivity contribution in [3.8, 4) is 17.3 Å². The Kier molecular flexibility index (Phi) is 2.90. The largest absolute Gasteiger partial charge is 0.268 e. The number of halogens is 2. The topological polar surface area (TPSA) is 58.7 Å². The molecule has 90 valence electrons. The molecule has 0 bridgehead atoms. The second-order valence-electron chi connectivity index (χ2n) is 3.60. The summed E-state index contributed by atoms with van der Waals surface area (Å²) in [6.07, 6.45) is 0. The highest BCUT2D eigenvalue weighted by Gasteiger charge is 2.14. The number of benzene rings is 1. The highest BCUT2D eigenvalue weighted by molar-refractivity contribution is 5.66. The minimum absolute atomic E-state index is 0.0112. The van der Waals surface area contributed by atoms with Crippen molar-refractivity contribution in [2.45, 2.75) is 0 Å². The summed E-state index contributed by atoms with van der Waals surface area (Å²) in [6.45, 7) is 0. The molecule has 0 N–H and O–H groups in total. The van der Waals surface area contributed by atoms with Crippen molar-refractivity contribution >= 4 is 0 Å². The van der Waals surface area contributed by atoms with Crippen LogP contribution in [-0.4, -0.2) is 9.78 Å². The Morgan fingerprint density at radius 1 is 1.33 bits per heavy atom. The zero-order valence-electron chi connectivity index (χ0n) is 9.32. The van der Waals surface area contributed by atoms with E-state index >= 15 is 0 Å². The molecule has 2 aromatic rings. The number of nitrogens with zero attached hydrogens (tertiary/aromatic N) is 3. The SMILES string of the molecule is Cn1nc(-c2ccc(F)cc2F)c(C#N)cc1=O. The van der Waals surface area contributed by atoms with E-state index in [4.69, 9.17) is 5.26 Å². The van der Waals surface area contributed by atoms with Crippen molar-refractivity contribution in [1.29, 1.82) is 5.26 Å². The van der Waals surface area contributed by atoms with Crippen LogP contribution in [0.25, 0.3) is 11.3 Å². The second kappa shape index (κ2) is 4.37. The van der Waals surface area contributed by atoms with Gasteiger partial charge in [-0.15, -0.1) is 0 Å². The zero-order valence-corrected chi connectivity index (χ0v) is 9.32. The maximum Gasteiger partial charge on any atom is 0.267 e. The summed E-state index contributed by atoms with van der Waals surface area (Å²) < 4.78 is 27.4. The van der Waals surface area contributed by atoms with E-state index in [-0.39, 0.29) is 16.8 Å². The normalized spacial score (nSPS) is 10.1. The van der Waals surface area contributed by atoms with Crippen molar-refractivity contribution in [3.05, 3.63) is 51.8 Å². The summed E-state index contributed by atoms with van der Waals surface area (Å²) in [5.74, 6) is -1.56. The van der Waals surface area contributed by atoms with Crippen LogP contribution in [0.4, 0.5) is 8.78 Å². The summed E-state index contributed by atoms with van der Waals surface area (Å²) in [5.41, 5.74) is -0.540. The van der Waals surface area contributed by atoms with Gasteiger partial charge in [0.25, 0.3) is 5.56 Å². The molecule has 0 aliphatic heterocycles. The number of aromatic nitrogens is 2. The van der Waals surface area contributed by atoms with Gasteiger partial charge in [0.1, 0.15) is 23.4 Å². The lowest BCUT2D eigenvalue weighted by Crippen LogP contribution is -2.20. The molecule has 0 atom stereocenters. The maximum absolute atomic E-state index is 13.6. The fraction of sp³-hybridized carbons (Fsp3) is 0.0833. The highest BCUT2D eigenvalue weighted by Crippen LogP contribution is 2.23. The lowest BCUT2D eigenvalue weighted by Gasteiger charge is -2.06. The molecule has 1 aromatic heterocycles. The van der Waals surface area contributed by atoms with Crippen LogP contribution in [0.5, 0.6) is 0 Å². The first-order valence-corrected chi connectivity index (χ1v) is 4.97. The van der Waals surface area contributed by atoms with Crippen molar-refractivity contribution in [1.82, 2.24) is 9.78 Å². The number of hydrogen-bond donors (Lipinski definition) is 0. The summed E-state index contributed by atoms with van der Waals surface area (Å²) in [5, 5.41) is 12.7. The first-order valence-electron chi connectivity index (χ1n) is 4.97. The molecular weight excluding hydrogens is 240 g/mol. The Labute approximate surface area is 101 Å². The van der Waals surface area contributed by atoms with Gasteiger partial charge < -0.3 is 0 Å². The summed E-state index contributed by atoms with van der Waals surface area (Å²) >= 11 is 0. The second-order valence-corrected chi connectivity index (χ2v) is 3.60. The van der Waals surface area contributed by atoms with Gasteiger partial charge in [-0.05, 0) is 12.1 Å². The van der Waals surface area contributed by atoms with E-state index in [1.54, 1.807) is 6.07 Å². The Bertz CT molecular complexity index is 716. The zero-order chi connectivity index (χ0) is 13.3. The highest BCUT2D eigenvalue weighted by atomic mass is 19.1. The van der Waals surface area contributed by atoms with Crippen LogP contribution >= 0.6 is 0 Å². The van der Waals surface area contributed by atoms with E-state index in [1.165, 1.54) is 13.1 Å². The van der Waals surface area contributed by atoms with Crippen molar-refractivity contribution < 1.29 is 8.78 Å². The third kappa shape index (κ3) is 1.98. The Balaban J connectivity index is 2.75. The quantitative estimate of drug-likeness (QED) is 0.769. The third-order valence-corrected chi connectivity index (χ3v) is 2.40. The monoisotopic (exact) mass is 247 g/mol. The number of nitriles is 1. The van der Waals surface area contributed by atoms with Gasteiger partial charge in [-0.25, -0.2) is 13.5 Å². The molecule has 2 rings (SSSR count). The predicted octanol–water partition coefficient (Wildman–Crippen LogP) is 1.60. The van der Waals surface area contributed by atoms with Crippen LogP contribution in [0.3, 0.4) is 0 Å². The molecule has 0 saturated carbocycles. The molecule has 6 heteroatoms. The average molecular weight is 247 g/mol. The first-order chi connectivity index (χ1) is 8.52. The molecule has 4 nitrogen and oxygen atoms in total. The van der Waals surface area contributed by atoms with E-state index in [9.17, 15) is 13.6 Å². The van der Waals surface area contributed by atoms with Crippen molar-refractivity contribution in [2.75, 3.05) is 0 Å². The van der Waals surface area contributed by atoms with Gasteiger partial charge in [0.2, 0.25) is 0 Å². The van der Waals surface area contributed by atoms with Crippen LogP contribution < -0.4 is 5.56 Å². The lowest BCUT2D eigenvalue weighted by atomic mass is 10.1. The molecule has 18 heavy (non-hydrogen) atoms. The average Bonchev–Trinajstić information content (AvgIpc) is 2.32. The van der Waals surface area contributed by atoms with E-state index in [1.807, 2.05) is 0 Å². The molecule has 1 aromatic carbocycles. The molecule has 0 unspecified atom stereocenters. The van der Waals surface area contributed by atoms with Gasteiger partial charge in [0.15, 0.2) is 0 Å². The van der Waals surface area contributed by atoms with Crippen molar-refractivity contribution in [3.63, 3.8) is 0 Å². The van der Waals surface area contributed by atoms with Gasteiger partial charge >= 0.3 is 0 Å². The third-order valence-electron chi connectivity index (χ3n) is 2.40. The fourth-order valence-electron chi connectivity index (χ4n) is 1.50. The lowest BCUT2D eigenvalue weighted by molar-refractivity contribution is 0.584. The Morgan fingerprint density at radius 2 is 2.06 bits per heavy atom. The van der Waals surface area contributed by atoms with E-state index in [0.29, 0.717) is 6.07 Å². The number of rotatable bonds is 1. The van der Waals surface area contributed by atoms with Gasteiger partial charge in [0.05, 0.1) is 5.56 Å². The smallest absolute Gasteiger partial charge is 0.267 e. The molecule has 0 aliphatic carbocycles. The standard InChI is InChI=1S/C12H7F2N3O/c1-17-11(18)4-7(6-15)12(16-17)9-3-2-8(13)5-10(9)14/h2-5H,1H3. The molecule has 0 amide bonds.